The zero-order valence-corrected chi connectivity index (χ0v) is 11.5. The lowest BCUT2D eigenvalue weighted by Gasteiger charge is -2.17. The normalized spacial score (nSPS) is 15.3. The SMILES string of the molecule is CN(CCOc1ccc(C(=O)O)c(C(F)(F)F)c1)C1CC1. The standard InChI is InChI=1S/C14H16F3NO3/c1-18(9-2-3-9)6-7-21-10-4-5-11(13(19)20)12(8-10)14(15,16)17/h4-5,8-9H,2-3,6-7H2,1H3,(H,19,20). The van der Waals surface area contributed by atoms with E-state index in [0.29, 0.717) is 12.6 Å². The minimum atomic E-state index is -4.72. The fraction of sp³-hybridized carbons (Fsp3) is 0.500. The van der Waals surface area contributed by atoms with Crippen molar-refractivity contribution in [2.75, 3.05) is 20.2 Å². The van der Waals surface area contributed by atoms with Crippen LogP contribution in [0, 0.1) is 0 Å². The molecule has 0 spiro atoms. The molecule has 0 unspecified atom stereocenters. The van der Waals surface area contributed by atoms with Crippen molar-refractivity contribution in [2.45, 2.75) is 25.1 Å². The van der Waals surface area contributed by atoms with E-state index in [4.69, 9.17) is 9.84 Å². The fourth-order valence-electron chi connectivity index (χ4n) is 2.04. The van der Waals surface area contributed by atoms with Crippen LogP contribution in [0.3, 0.4) is 0 Å². The molecular formula is C14H16F3NO3. The van der Waals surface area contributed by atoms with Gasteiger partial charge in [0.25, 0.3) is 0 Å². The molecule has 21 heavy (non-hydrogen) atoms. The molecule has 0 aliphatic heterocycles. The molecule has 0 atom stereocenters. The van der Waals surface area contributed by atoms with Gasteiger partial charge in [0.1, 0.15) is 12.4 Å². The van der Waals surface area contributed by atoms with Gasteiger partial charge in [-0.25, -0.2) is 4.79 Å². The number of hydrogen-bond donors (Lipinski definition) is 1. The minimum Gasteiger partial charge on any atom is -0.492 e. The van der Waals surface area contributed by atoms with Crippen LogP contribution in [0.25, 0.3) is 0 Å². The van der Waals surface area contributed by atoms with Crippen LogP contribution in [-0.2, 0) is 6.18 Å². The summed E-state index contributed by atoms with van der Waals surface area (Å²) in [7, 11) is 1.94. The van der Waals surface area contributed by atoms with Gasteiger partial charge in [-0.3, -0.25) is 0 Å². The van der Waals surface area contributed by atoms with Gasteiger partial charge in [-0.1, -0.05) is 0 Å². The van der Waals surface area contributed by atoms with Crippen LogP contribution in [0.2, 0.25) is 0 Å². The summed E-state index contributed by atoms with van der Waals surface area (Å²) in [5.74, 6) is -1.58. The van der Waals surface area contributed by atoms with Crippen LogP contribution >= 0.6 is 0 Å². The summed E-state index contributed by atoms with van der Waals surface area (Å²) in [5.41, 5.74) is -1.96. The number of ether oxygens (including phenoxy) is 1. The molecule has 1 aromatic carbocycles. The Morgan fingerprint density at radius 2 is 2.10 bits per heavy atom. The minimum absolute atomic E-state index is 0.0246. The largest absolute Gasteiger partial charge is 0.492 e. The monoisotopic (exact) mass is 303 g/mol. The Kier molecular flexibility index (Phi) is 4.41. The van der Waals surface area contributed by atoms with Crippen molar-refractivity contribution in [1.82, 2.24) is 4.90 Å². The zero-order valence-electron chi connectivity index (χ0n) is 11.5. The number of hydrogen-bond acceptors (Lipinski definition) is 3. The summed E-state index contributed by atoms with van der Waals surface area (Å²) in [5, 5.41) is 8.79. The maximum absolute atomic E-state index is 12.8. The molecule has 2 rings (SSSR count). The summed E-state index contributed by atoms with van der Waals surface area (Å²) in [6.07, 6.45) is -2.44. The average Bonchev–Trinajstić information content (AvgIpc) is 3.21. The zero-order chi connectivity index (χ0) is 15.6. The van der Waals surface area contributed by atoms with Crippen LogP contribution < -0.4 is 4.74 Å². The summed E-state index contributed by atoms with van der Waals surface area (Å²) in [4.78, 5) is 12.9. The van der Waals surface area contributed by atoms with E-state index < -0.39 is 23.3 Å². The molecule has 116 valence electrons. The van der Waals surface area contributed by atoms with Crippen LogP contribution in [0.5, 0.6) is 5.75 Å². The third-order valence-electron chi connectivity index (χ3n) is 3.41. The second-order valence-corrected chi connectivity index (χ2v) is 5.07. The fourth-order valence-corrected chi connectivity index (χ4v) is 2.04. The van der Waals surface area contributed by atoms with Crippen LogP contribution in [-0.4, -0.2) is 42.2 Å². The summed E-state index contributed by atoms with van der Waals surface area (Å²) < 4.78 is 43.8. The lowest BCUT2D eigenvalue weighted by molar-refractivity contribution is -0.138. The molecule has 4 nitrogen and oxygen atoms in total. The Bertz CT molecular complexity index is 527. The van der Waals surface area contributed by atoms with E-state index in [1.807, 2.05) is 7.05 Å². The van der Waals surface area contributed by atoms with Gasteiger partial charge in [0.05, 0.1) is 11.1 Å². The number of nitrogens with zero attached hydrogens (tertiary/aromatic N) is 1. The highest BCUT2D eigenvalue weighted by Gasteiger charge is 2.35. The molecule has 1 aromatic rings. The Labute approximate surface area is 120 Å². The topological polar surface area (TPSA) is 49.8 Å². The Morgan fingerprint density at radius 3 is 2.62 bits per heavy atom. The maximum atomic E-state index is 12.8. The first-order valence-electron chi connectivity index (χ1n) is 6.56. The van der Waals surface area contributed by atoms with Gasteiger partial charge in [0, 0.05) is 12.6 Å². The van der Waals surface area contributed by atoms with Crippen molar-refractivity contribution in [3.05, 3.63) is 29.3 Å². The molecule has 0 bridgehead atoms. The first-order chi connectivity index (χ1) is 9.79. The molecule has 0 radical (unpaired) electrons. The second kappa shape index (κ2) is 5.93. The van der Waals surface area contributed by atoms with E-state index in [9.17, 15) is 18.0 Å². The van der Waals surface area contributed by atoms with Crippen LogP contribution in [0.1, 0.15) is 28.8 Å². The number of rotatable bonds is 6. The Morgan fingerprint density at radius 1 is 1.43 bits per heavy atom. The number of carboxylic acids is 1. The first-order valence-corrected chi connectivity index (χ1v) is 6.56. The van der Waals surface area contributed by atoms with E-state index in [0.717, 1.165) is 25.0 Å². The van der Waals surface area contributed by atoms with E-state index in [2.05, 4.69) is 4.90 Å². The van der Waals surface area contributed by atoms with Crippen molar-refractivity contribution in [3.63, 3.8) is 0 Å². The lowest BCUT2D eigenvalue weighted by atomic mass is 10.1. The van der Waals surface area contributed by atoms with Crippen molar-refractivity contribution < 1.29 is 27.8 Å². The molecule has 1 saturated carbocycles. The van der Waals surface area contributed by atoms with E-state index in [1.54, 1.807) is 0 Å². The number of halogens is 3. The molecule has 1 aliphatic carbocycles. The third-order valence-corrected chi connectivity index (χ3v) is 3.41. The number of carboxylic acid groups (broad SMARTS) is 1. The van der Waals surface area contributed by atoms with Crippen molar-refractivity contribution in [2.24, 2.45) is 0 Å². The quantitative estimate of drug-likeness (QED) is 0.878. The predicted octanol–water partition coefficient (Wildman–Crippen LogP) is 2.88. The van der Waals surface area contributed by atoms with Gasteiger partial charge >= 0.3 is 12.1 Å². The number of carbonyl (C=O) groups is 1. The third kappa shape index (κ3) is 4.10. The van der Waals surface area contributed by atoms with Crippen molar-refractivity contribution in [1.29, 1.82) is 0 Å². The van der Waals surface area contributed by atoms with Gasteiger partial charge in [-0.2, -0.15) is 13.2 Å². The summed E-state index contributed by atoms with van der Waals surface area (Å²) in [6, 6.07) is 3.45. The van der Waals surface area contributed by atoms with Gasteiger partial charge in [0.15, 0.2) is 0 Å². The van der Waals surface area contributed by atoms with Crippen molar-refractivity contribution in [3.8, 4) is 5.75 Å². The second-order valence-electron chi connectivity index (χ2n) is 5.07. The lowest BCUT2D eigenvalue weighted by Crippen LogP contribution is -2.26. The predicted molar refractivity (Wildman–Crippen MR) is 69.6 cm³/mol. The number of likely N-dealkylation sites (N-methyl/N-ethyl adjacent to an activating group) is 1. The smallest absolute Gasteiger partial charge is 0.417 e. The molecule has 1 aliphatic rings. The maximum Gasteiger partial charge on any atom is 0.417 e. The first kappa shape index (κ1) is 15.6. The van der Waals surface area contributed by atoms with E-state index >= 15 is 0 Å². The molecule has 0 amide bonds. The summed E-state index contributed by atoms with van der Waals surface area (Å²) in [6.45, 7) is 0.878. The Balaban J connectivity index is 2.04. The highest BCUT2D eigenvalue weighted by atomic mass is 19.4. The number of alkyl halides is 3. The van der Waals surface area contributed by atoms with Crippen LogP contribution in [0.15, 0.2) is 18.2 Å². The van der Waals surface area contributed by atoms with Gasteiger partial charge < -0.3 is 14.7 Å². The highest BCUT2D eigenvalue weighted by Crippen LogP contribution is 2.34. The van der Waals surface area contributed by atoms with Crippen LogP contribution in [0.4, 0.5) is 13.2 Å². The van der Waals surface area contributed by atoms with E-state index in [1.165, 1.54) is 6.07 Å². The number of aromatic carboxylic acids is 1. The molecule has 7 heteroatoms. The van der Waals surface area contributed by atoms with Crippen molar-refractivity contribution >= 4 is 5.97 Å². The van der Waals surface area contributed by atoms with Gasteiger partial charge in [0.2, 0.25) is 0 Å². The van der Waals surface area contributed by atoms with Gasteiger partial charge in [-0.15, -0.1) is 0 Å². The Hall–Kier alpha value is -1.76. The average molecular weight is 303 g/mol. The molecule has 0 heterocycles. The molecule has 1 N–H and O–H groups in total. The molecular weight excluding hydrogens is 287 g/mol. The molecule has 1 fully saturated rings. The molecule has 0 aromatic heterocycles. The molecule has 0 saturated heterocycles. The van der Waals surface area contributed by atoms with E-state index in [-0.39, 0.29) is 12.4 Å². The highest BCUT2D eigenvalue weighted by molar-refractivity contribution is 5.89. The number of benzene rings is 1. The van der Waals surface area contributed by atoms with Gasteiger partial charge in [-0.05, 0) is 38.1 Å². The summed E-state index contributed by atoms with van der Waals surface area (Å²) >= 11 is 0.